The molecule has 0 atom stereocenters. The van der Waals surface area contributed by atoms with E-state index in [1.54, 1.807) is 12.1 Å². The Morgan fingerprint density at radius 1 is 1.54 bits per heavy atom. The van der Waals surface area contributed by atoms with E-state index in [4.69, 9.17) is 6.57 Å². The fourth-order valence-electron chi connectivity index (χ4n) is 1.26. The molecule has 1 heterocycles. The monoisotopic (exact) mass is 172 g/mol. The van der Waals surface area contributed by atoms with Crippen LogP contribution in [0.5, 0.6) is 0 Å². The fourth-order valence-corrected chi connectivity index (χ4v) is 1.26. The van der Waals surface area contributed by atoms with Crippen LogP contribution in [0.3, 0.4) is 0 Å². The Hall–Kier alpha value is -1.89. The van der Waals surface area contributed by atoms with Crippen molar-refractivity contribution in [2.45, 2.75) is 13.5 Å². The largest absolute Gasteiger partial charge is 0.245 e. The number of hydrogen-bond acceptors (Lipinski definition) is 2. The second kappa shape index (κ2) is 2.87. The van der Waals surface area contributed by atoms with Gasteiger partial charge in [0.2, 0.25) is 0 Å². The summed E-state index contributed by atoms with van der Waals surface area (Å²) in [7, 11) is 0. The van der Waals surface area contributed by atoms with Gasteiger partial charge in [-0.2, -0.15) is 0 Å². The highest BCUT2D eigenvalue weighted by molar-refractivity contribution is 5.78. The minimum Gasteiger partial charge on any atom is -0.245 e. The zero-order valence-electron chi connectivity index (χ0n) is 7.23. The van der Waals surface area contributed by atoms with E-state index in [2.05, 4.69) is 15.2 Å². The number of fused-ring (bicyclic) bond motifs is 1. The molecule has 13 heavy (non-hydrogen) atoms. The Morgan fingerprint density at radius 3 is 3.08 bits per heavy atom. The first-order valence-corrected chi connectivity index (χ1v) is 4.06. The SMILES string of the molecule is [C-]#[N+]c1ccc2c(c1)nnn2CC. The van der Waals surface area contributed by atoms with Gasteiger partial charge in [-0.1, -0.05) is 11.3 Å². The number of aromatic nitrogens is 3. The second-order valence-corrected chi connectivity index (χ2v) is 2.69. The smallest absolute Gasteiger partial charge is 0.189 e. The van der Waals surface area contributed by atoms with Crippen LogP contribution in [0, 0.1) is 6.57 Å². The summed E-state index contributed by atoms with van der Waals surface area (Å²) in [5, 5.41) is 7.92. The minimum absolute atomic E-state index is 0.607. The van der Waals surface area contributed by atoms with Crippen LogP contribution in [-0.2, 0) is 6.54 Å². The molecule has 4 heteroatoms. The van der Waals surface area contributed by atoms with Crippen LogP contribution in [0.15, 0.2) is 18.2 Å². The highest BCUT2D eigenvalue weighted by Crippen LogP contribution is 2.18. The average Bonchev–Trinajstić information content (AvgIpc) is 2.59. The first-order chi connectivity index (χ1) is 6.35. The molecule has 0 amide bonds. The third-order valence-electron chi connectivity index (χ3n) is 1.93. The van der Waals surface area contributed by atoms with E-state index < -0.39 is 0 Å². The summed E-state index contributed by atoms with van der Waals surface area (Å²) in [5.41, 5.74) is 2.38. The summed E-state index contributed by atoms with van der Waals surface area (Å²) in [6.07, 6.45) is 0. The average molecular weight is 172 g/mol. The van der Waals surface area contributed by atoms with Gasteiger partial charge in [-0.3, -0.25) is 0 Å². The molecule has 64 valence electrons. The van der Waals surface area contributed by atoms with Gasteiger partial charge in [0, 0.05) is 6.54 Å². The molecule has 2 rings (SSSR count). The highest BCUT2D eigenvalue weighted by Gasteiger charge is 2.02. The molecule has 0 saturated heterocycles. The molecule has 0 saturated carbocycles. The molecule has 0 radical (unpaired) electrons. The van der Waals surface area contributed by atoms with Gasteiger partial charge in [-0.25, -0.2) is 9.53 Å². The summed E-state index contributed by atoms with van der Waals surface area (Å²) >= 11 is 0. The van der Waals surface area contributed by atoms with Gasteiger partial charge >= 0.3 is 0 Å². The topological polar surface area (TPSA) is 35.1 Å². The van der Waals surface area contributed by atoms with Crippen LogP contribution in [0.1, 0.15) is 6.92 Å². The summed E-state index contributed by atoms with van der Waals surface area (Å²) in [5.74, 6) is 0. The van der Waals surface area contributed by atoms with E-state index in [-0.39, 0.29) is 0 Å². The molecule has 4 nitrogen and oxygen atoms in total. The van der Waals surface area contributed by atoms with Crippen LogP contribution in [0.2, 0.25) is 0 Å². The summed E-state index contributed by atoms with van der Waals surface area (Å²) in [4.78, 5) is 3.33. The number of rotatable bonds is 1. The number of hydrogen-bond donors (Lipinski definition) is 0. The molecular weight excluding hydrogens is 164 g/mol. The van der Waals surface area contributed by atoms with E-state index in [1.165, 1.54) is 0 Å². The quantitative estimate of drug-likeness (QED) is 0.616. The maximum Gasteiger partial charge on any atom is 0.189 e. The summed E-state index contributed by atoms with van der Waals surface area (Å²) < 4.78 is 1.81. The Balaban J connectivity index is 2.70. The van der Waals surface area contributed by atoms with Crippen LogP contribution in [0.25, 0.3) is 15.9 Å². The second-order valence-electron chi connectivity index (χ2n) is 2.69. The van der Waals surface area contributed by atoms with Gasteiger partial charge in [0.1, 0.15) is 5.52 Å². The maximum absolute atomic E-state index is 6.84. The van der Waals surface area contributed by atoms with E-state index in [0.29, 0.717) is 5.69 Å². The Morgan fingerprint density at radius 2 is 2.38 bits per heavy atom. The van der Waals surface area contributed by atoms with E-state index in [1.807, 2.05) is 17.7 Å². The molecule has 0 aliphatic rings. The molecule has 2 aromatic rings. The van der Waals surface area contributed by atoms with E-state index >= 15 is 0 Å². The van der Waals surface area contributed by atoms with Gasteiger partial charge < -0.3 is 0 Å². The summed E-state index contributed by atoms with van der Waals surface area (Å²) in [6.45, 7) is 9.65. The zero-order valence-corrected chi connectivity index (χ0v) is 7.23. The van der Waals surface area contributed by atoms with Crippen molar-refractivity contribution in [2.24, 2.45) is 0 Å². The number of nitrogens with zero attached hydrogens (tertiary/aromatic N) is 4. The van der Waals surface area contributed by atoms with Crippen LogP contribution in [-0.4, -0.2) is 15.0 Å². The van der Waals surface area contributed by atoms with Gasteiger partial charge in [-0.05, 0) is 19.1 Å². The predicted octanol–water partition coefficient (Wildman–Crippen LogP) is 2.00. The highest BCUT2D eigenvalue weighted by atomic mass is 15.4. The third-order valence-corrected chi connectivity index (χ3v) is 1.93. The number of benzene rings is 1. The zero-order chi connectivity index (χ0) is 9.26. The molecule has 1 aromatic heterocycles. The van der Waals surface area contributed by atoms with Crippen LogP contribution < -0.4 is 0 Å². The fraction of sp³-hybridized carbons (Fsp3) is 0.222. The maximum atomic E-state index is 6.84. The molecule has 0 spiro atoms. The summed E-state index contributed by atoms with van der Waals surface area (Å²) in [6, 6.07) is 5.42. The van der Waals surface area contributed by atoms with Crippen molar-refractivity contribution >= 4 is 16.7 Å². The number of aryl methyl sites for hydroxylation is 1. The van der Waals surface area contributed by atoms with Crippen molar-refractivity contribution < 1.29 is 0 Å². The van der Waals surface area contributed by atoms with Gasteiger partial charge in [-0.15, -0.1) is 5.10 Å². The molecule has 0 bridgehead atoms. The van der Waals surface area contributed by atoms with Crippen molar-refractivity contribution in [3.8, 4) is 0 Å². The Labute approximate surface area is 75.6 Å². The van der Waals surface area contributed by atoms with Gasteiger partial charge in [0.15, 0.2) is 5.69 Å². The third kappa shape index (κ3) is 1.14. The Bertz CT molecular complexity index is 478. The molecule has 0 aliphatic heterocycles. The lowest BCUT2D eigenvalue weighted by atomic mass is 10.3. The molecule has 0 N–H and O–H groups in total. The predicted molar refractivity (Wildman–Crippen MR) is 49.5 cm³/mol. The van der Waals surface area contributed by atoms with E-state index in [0.717, 1.165) is 17.6 Å². The first kappa shape index (κ1) is 7.74. The lowest BCUT2D eigenvalue weighted by Crippen LogP contribution is -1.95. The lowest BCUT2D eigenvalue weighted by Gasteiger charge is -1.94. The Kier molecular flexibility index (Phi) is 1.71. The van der Waals surface area contributed by atoms with Gasteiger partial charge in [0.25, 0.3) is 0 Å². The van der Waals surface area contributed by atoms with Crippen molar-refractivity contribution in [3.05, 3.63) is 29.6 Å². The minimum atomic E-state index is 0.607. The molecule has 0 aliphatic carbocycles. The van der Waals surface area contributed by atoms with Crippen molar-refractivity contribution in [1.29, 1.82) is 0 Å². The van der Waals surface area contributed by atoms with Gasteiger partial charge in [0.05, 0.1) is 12.1 Å². The molecule has 0 unspecified atom stereocenters. The van der Waals surface area contributed by atoms with Crippen molar-refractivity contribution in [2.75, 3.05) is 0 Å². The van der Waals surface area contributed by atoms with Crippen molar-refractivity contribution in [1.82, 2.24) is 15.0 Å². The molecular formula is C9H8N4. The van der Waals surface area contributed by atoms with Crippen LogP contribution in [0.4, 0.5) is 5.69 Å². The van der Waals surface area contributed by atoms with E-state index in [9.17, 15) is 0 Å². The van der Waals surface area contributed by atoms with Crippen molar-refractivity contribution in [3.63, 3.8) is 0 Å². The normalized spacial score (nSPS) is 10.2. The first-order valence-electron chi connectivity index (χ1n) is 4.06. The van der Waals surface area contributed by atoms with Crippen LogP contribution >= 0.6 is 0 Å². The molecule has 1 aromatic carbocycles. The standard InChI is InChI=1S/C9H8N4/c1-3-13-9-5-4-7(10-2)6-8(9)11-12-13/h4-6H,3H2,1H3. The molecule has 0 fully saturated rings. The lowest BCUT2D eigenvalue weighted by molar-refractivity contribution is 0.646.